The van der Waals surface area contributed by atoms with Crippen molar-refractivity contribution in [3.05, 3.63) is 58.1 Å². The van der Waals surface area contributed by atoms with Crippen LogP contribution in [0.15, 0.2) is 42.5 Å². The number of methoxy groups -OCH3 is 1. The van der Waals surface area contributed by atoms with Crippen molar-refractivity contribution in [2.45, 2.75) is 32.0 Å². The van der Waals surface area contributed by atoms with Crippen LogP contribution in [0.3, 0.4) is 0 Å². The van der Waals surface area contributed by atoms with Crippen molar-refractivity contribution >= 4 is 23.0 Å². The number of rotatable bonds is 8. The molecule has 2 heterocycles. The van der Waals surface area contributed by atoms with E-state index in [0.29, 0.717) is 32.5 Å². The molecule has 1 N–H and O–H groups in total. The van der Waals surface area contributed by atoms with Gasteiger partial charge in [0, 0.05) is 75.2 Å². The summed E-state index contributed by atoms with van der Waals surface area (Å²) in [5.41, 5.74) is -0.910. The molecule has 0 saturated carbocycles. The van der Waals surface area contributed by atoms with Crippen molar-refractivity contribution in [3.63, 3.8) is 0 Å². The summed E-state index contributed by atoms with van der Waals surface area (Å²) in [5, 5.41) is 14.0. The van der Waals surface area contributed by atoms with Gasteiger partial charge in [0.2, 0.25) is 5.91 Å². The molecule has 212 valence electrons. The van der Waals surface area contributed by atoms with Gasteiger partial charge >= 0.3 is 6.18 Å². The largest absolute Gasteiger partial charge is 0.497 e. The monoisotopic (exact) mass is 549 g/mol. The van der Waals surface area contributed by atoms with Gasteiger partial charge in [0.1, 0.15) is 11.3 Å². The zero-order valence-electron chi connectivity index (χ0n) is 22.1. The van der Waals surface area contributed by atoms with Crippen LogP contribution < -0.4 is 15.0 Å². The van der Waals surface area contributed by atoms with Crippen molar-refractivity contribution in [2.24, 2.45) is 5.92 Å². The van der Waals surface area contributed by atoms with Crippen molar-refractivity contribution < 1.29 is 27.6 Å². The molecule has 2 aromatic carbocycles. The van der Waals surface area contributed by atoms with Gasteiger partial charge in [0.15, 0.2) is 0 Å². The fourth-order valence-corrected chi connectivity index (χ4v) is 5.25. The molecule has 2 aliphatic heterocycles. The second-order valence-corrected chi connectivity index (χ2v) is 10.1. The molecule has 1 amide bonds. The van der Waals surface area contributed by atoms with Gasteiger partial charge in [-0.25, -0.2) is 0 Å². The third kappa shape index (κ3) is 7.11. The molecule has 0 bridgehead atoms. The van der Waals surface area contributed by atoms with E-state index in [-0.39, 0.29) is 23.6 Å². The Morgan fingerprint density at radius 1 is 1.08 bits per heavy atom. The maximum atomic E-state index is 13.3. The number of hydrogen-bond donors (Lipinski definition) is 1. The molecule has 12 heteroatoms. The van der Waals surface area contributed by atoms with Crippen LogP contribution in [-0.4, -0.2) is 79.6 Å². The smallest absolute Gasteiger partial charge is 0.423 e. The van der Waals surface area contributed by atoms with Crippen LogP contribution in [0, 0.1) is 16.0 Å². The molecule has 2 aliphatic rings. The summed E-state index contributed by atoms with van der Waals surface area (Å²) in [6.07, 6.45) is -3.66. The lowest BCUT2D eigenvalue weighted by molar-refractivity contribution is -0.388. The van der Waals surface area contributed by atoms with E-state index in [1.54, 1.807) is 7.11 Å². The third-order valence-corrected chi connectivity index (χ3v) is 7.44. The highest BCUT2D eigenvalue weighted by atomic mass is 19.4. The van der Waals surface area contributed by atoms with Gasteiger partial charge in [-0.1, -0.05) is 6.92 Å². The maximum Gasteiger partial charge on any atom is 0.423 e. The second-order valence-electron chi connectivity index (χ2n) is 10.1. The van der Waals surface area contributed by atoms with E-state index in [9.17, 15) is 28.1 Å². The van der Waals surface area contributed by atoms with E-state index in [4.69, 9.17) is 4.74 Å². The number of anilines is 2. The quantitative estimate of drug-likeness (QED) is 0.384. The van der Waals surface area contributed by atoms with Crippen LogP contribution in [0.4, 0.5) is 30.2 Å². The zero-order chi connectivity index (χ0) is 28.2. The number of nitro benzene ring substituents is 1. The molecular formula is C27H34F3N5O4. The number of halogens is 3. The number of nitrogens with one attached hydrogen (secondary N) is 1. The average Bonchev–Trinajstić information content (AvgIpc) is 2.93. The van der Waals surface area contributed by atoms with Crippen molar-refractivity contribution in [1.29, 1.82) is 0 Å². The van der Waals surface area contributed by atoms with Gasteiger partial charge in [-0.3, -0.25) is 19.8 Å². The minimum Gasteiger partial charge on any atom is -0.497 e. The van der Waals surface area contributed by atoms with Crippen molar-refractivity contribution in [2.75, 3.05) is 63.1 Å². The van der Waals surface area contributed by atoms with Crippen LogP contribution >= 0.6 is 0 Å². The Morgan fingerprint density at radius 3 is 2.28 bits per heavy atom. The standard InChI is InChI=1S/C27H34F3N5O4/c1-19(18-32-13-15-33(16-14-32)22-4-6-23(39-2)7-5-22)26(36)34-11-9-20(10-12-34)31-21-3-8-25(35(37)38)24(17-21)27(28,29)30/h3-8,17,19-20,31H,9-16,18H2,1-2H3/t19-/m0/s1. The number of carbonyl (C=O) groups excluding carboxylic acids is 1. The molecule has 1 atom stereocenters. The molecule has 0 aliphatic carbocycles. The Balaban J connectivity index is 1.23. The Morgan fingerprint density at radius 2 is 1.72 bits per heavy atom. The lowest BCUT2D eigenvalue weighted by atomic mass is 10.0. The molecule has 0 spiro atoms. The van der Waals surface area contributed by atoms with Gasteiger partial charge in [0.05, 0.1) is 12.0 Å². The summed E-state index contributed by atoms with van der Waals surface area (Å²) >= 11 is 0. The lowest BCUT2D eigenvalue weighted by Crippen LogP contribution is -2.50. The number of alkyl halides is 3. The van der Waals surface area contributed by atoms with Crippen molar-refractivity contribution in [1.82, 2.24) is 9.80 Å². The maximum absolute atomic E-state index is 13.3. The molecule has 0 radical (unpaired) electrons. The summed E-state index contributed by atoms with van der Waals surface area (Å²) < 4.78 is 45.1. The number of carbonyl (C=O) groups is 1. The van der Waals surface area contributed by atoms with E-state index in [1.165, 1.54) is 6.07 Å². The Hall–Kier alpha value is -3.54. The molecule has 39 heavy (non-hydrogen) atoms. The highest BCUT2D eigenvalue weighted by molar-refractivity contribution is 5.78. The van der Waals surface area contributed by atoms with E-state index in [1.807, 2.05) is 24.0 Å². The van der Waals surface area contributed by atoms with E-state index < -0.39 is 22.4 Å². The normalized spacial score (nSPS) is 18.1. The minimum absolute atomic E-state index is 0.0840. The fraction of sp³-hybridized carbons (Fsp3) is 0.519. The number of piperazine rings is 1. The first kappa shape index (κ1) is 28.5. The number of hydrogen-bond acceptors (Lipinski definition) is 7. The lowest BCUT2D eigenvalue weighted by Gasteiger charge is -2.38. The highest BCUT2D eigenvalue weighted by Gasteiger charge is 2.38. The Labute approximate surface area is 225 Å². The number of amides is 1. The van der Waals surface area contributed by atoms with E-state index >= 15 is 0 Å². The summed E-state index contributed by atoms with van der Waals surface area (Å²) in [6.45, 7) is 7.12. The van der Waals surface area contributed by atoms with Gasteiger partial charge in [-0.2, -0.15) is 13.2 Å². The third-order valence-electron chi connectivity index (χ3n) is 7.44. The predicted molar refractivity (Wildman–Crippen MR) is 142 cm³/mol. The summed E-state index contributed by atoms with van der Waals surface area (Å²) in [7, 11) is 1.65. The number of benzene rings is 2. The number of nitro groups is 1. The summed E-state index contributed by atoms with van der Waals surface area (Å²) in [4.78, 5) is 29.5. The summed E-state index contributed by atoms with van der Waals surface area (Å²) in [6, 6.07) is 10.8. The number of likely N-dealkylation sites (tertiary alicyclic amines) is 1. The van der Waals surface area contributed by atoms with Gasteiger partial charge in [-0.15, -0.1) is 0 Å². The number of piperidine rings is 1. The van der Waals surface area contributed by atoms with Crippen LogP contribution in [0.2, 0.25) is 0 Å². The molecular weight excluding hydrogens is 515 g/mol. The van der Waals surface area contributed by atoms with E-state index in [2.05, 4.69) is 27.2 Å². The molecule has 0 unspecified atom stereocenters. The first-order chi connectivity index (χ1) is 18.5. The minimum atomic E-state index is -4.83. The van der Waals surface area contributed by atoms with Crippen LogP contribution in [0.5, 0.6) is 5.75 Å². The van der Waals surface area contributed by atoms with Gasteiger partial charge in [0.25, 0.3) is 5.69 Å². The van der Waals surface area contributed by atoms with E-state index in [0.717, 1.165) is 49.7 Å². The van der Waals surface area contributed by atoms with Crippen LogP contribution in [0.25, 0.3) is 0 Å². The molecule has 2 saturated heterocycles. The average molecular weight is 550 g/mol. The van der Waals surface area contributed by atoms with Crippen LogP contribution in [0.1, 0.15) is 25.3 Å². The first-order valence-electron chi connectivity index (χ1n) is 13.1. The fourth-order valence-electron chi connectivity index (χ4n) is 5.25. The Bertz CT molecular complexity index is 1150. The number of ether oxygens (including phenoxy) is 1. The Kier molecular flexibility index (Phi) is 8.83. The molecule has 2 aromatic rings. The SMILES string of the molecule is COc1ccc(N2CCN(C[C@H](C)C(=O)N3CCC(Nc4ccc([N+](=O)[O-])c(C(F)(F)F)c4)CC3)CC2)cc1. The van der Waals surface area contributed by atoms with Gasteiger partial charge in [-0.05, 0) is 49.2 Å². The number of nitrogens with zero attached hydrogens (tertiary/aromatic N) is 4. The first-order valence-corrected chi connectivity index (χ1v) is 13.1. The highest BCUT2D eigenvalue weighted by Crippen LogP contribution is 2.38. The predicted octanol–water partition coefficient (Wildman–Crippen LogP) is 4.48. The van der Waals surface area contributed by atoms with Crippen molar-refractivity contribution in [3.8, 4) is 5.75 Å². The molecule has 9 nitrogen and oxygen atoms in total. The molecule has 4 rings (SSSR count). The van der Waals surface area contributed by atoms with Gasteiger partial charge < -0.3 is 19.9 Å². The topological polar surface area (TPSA) is 91.2 Å². The molecule has 2 fully saturated rings. The zero-order valence-corrected chi connectivity index (χ0v) is 22.1. The molecule has 0 aromatic heterocycles. The second kappa shape index (κ2) is 12.1. The summed E-state index contributed by atoms with van der Waals surface area (Å²) in [5.74, 6) is 0.748. The van der Waals surface area contributed by atoms with Crippen LogP contribution in [-0.2, 0) is 11.0 Å².